The minimum absolute atomic E-state index is 0.0598. The molecule has 0 aliphatic rings. The van der Waals surface area contributed by atoms with Crippen molar-refractivity contribution in [3.05, 3.63) is 69.3 Å². The summed E-state index contributed by atoms with van der Waals surface area (Å²) < 4.78 is 5.08. The van der Waals surface area contributed by atoms with Gasteiger partial charge < -0.3 is 10.1 Å². The Morgan fingerprint density at radius 3 is 2.54 bits per heavy atom. The quantitative estimate of drug-likeness (QED) is 0.226. The van der Waals surface area contributed by atoms with Crippen LogP contribution >= 0.6 is 11.8 Å². The van der Waals surface area contributed by atoms with Crippen molar-refractivity contribution in [2.24, 2.45) is 0 Å². The van der Waals surface area contributed by atoms with E-state index in [1.165, 1.54) is 29.5 Å². The number of aryl methyl sites for hydroxylation is 2. The first kappa shape index (κ1) is 21.4. The molecule has 148 valence electrons. The molecule has 1 N–H and O–H groups in total. The van der Waals surface area contributed by atoms with Crippen molar-refractivity contribution in [3.8, 4) is 0 Å². The minimum Gasteiger partial charge on any atom is -0.460 e. The van der Waals surface area contributed by atoms with Gasteiger partial charge in [-0.2, -0.15) is 0 Å². The summed E-state index contributed by atoms with van der Waals surface area (Å²) in [6.07, 6.45) is 2.76. The Morgan fingerprint density at radius 1 is 1.18 bits per heavy atom. The smallest absolute Gasteiger partial charge is 0.345 e. The Labute approximate surface area is 167 Å². The molecular formula is C20H22N2O5S. The third-order valence-corrected chi connectivity index (χ3v) is 4.76. The normalized spacial score (nSPS) is 10.4. The Bertz CT molecular complexity index is 852. The molecule has 0 saturated heterocycles. The number of benzene rings is 2. The largest absolute Gasteiger partial charge is 0.460 e. The van der Waals surface area contributed by atoms with Crippen LogP contribution in [-0.2, 0) is 16.0 Å². The predicted molar refractivity (Wildman–Crippen MR) is 108 cm³/mol. The van der Waals surface area contributed by atoms with E-state index in [2.05, 4.69) is 5.32 Å². The van der Waals surface area contributed by atoms with Gasteiger partial charge in [0.1, 0.15) is 12.2 Å². The fourth-order valence-electron chi connectivity index (χ4n) is 2.48. The topological polar surface area (TPSA) is 98.5 Å². The number of hydrogen-bond acceptors (Lipinski definition) is 6. The summed E-state index contributed by atoms with van der Waals surface area (Å²) in [5.41, 5.74) is 1.85. The molecule has 0 unspecified atom stereocenters. The second-order valence-electron chi connectivity index (χ2n) is 6.11. The van der Waals surface area contributed by atoms with Gasteiger partial charge in [-0.3, -0.25) is 14.9 Å². The number of carbonyl (C=O) groups is 2. The molecule has 2 aromatic carbocycles. The molecule has 0 radical (unpaired) electrons. The number of ether oxygens (including phenoxy) is 1. The minimum atomic E-state index is -0.781. The molecule has 2 rings (SSSR count). The number of amides is 1. The van der Waals surface area contributed by atoms with Gasteiger partial charge in [0, 0.05) is 17.4 Å². The van der Waals surface area contributed by atoms with Crippen molar-refractivity contribution in [2.45, 2.75) is 24.7 Å². The van der Waals surface area contributed by atoms with E-state index in [0.717, 1.165) is 10.5 Å². The van der Waals surface area contributed by atoms with Crippen molar-refractivity contribution >= 4 is 29.3 Å². The van der Waals surface area contributed by atoms with Crippen LogP contribution in [0.1, 0.15) is 27.9 Å². The molecule has 0 aliphatic carbocycles. The standard InChI is InChI=1S/C20H22N2O5S/c1-14-3-5-15(6-4-14)7-10-19(23)21-11-12-27-20(24)17-13-16(28-2)8-9-18(17)22(25)26/h3-6,8-9,13H,7,10-12H2,1-2H3,(H,21,23). The first-order valence-corrected chi connectivity index (χ1v) is 9.95. The van der Waals surface area contributed by atoms with Crippen molar-refractivity contribution < 1.29 is 19.2 Å². The van der Waals surface area contributed by atoms with E-state index >= 15 is 0 Å². The monoisotopic (exact) mass is 402 g/mol. The van der Waals surface area contributed by atoms with Gasteiger partial charge in [0.05, 0.1) is 11.5 Å². The molecule has 0 fully saturated rings. The molecular weight excluding hydrogens is 380 g/mol. The van der Waals surface area contributed by atoms with E-state index in [1.54, 1.807) is 6.07 Å². The van der Waals surface area contributed by atoms with Gasteiger partial charge in [-0.25, -0.2) is 4.79 Å². The molecule has 0 heterocycles. The maximum absolute atomic E-state index is 12.2. The van der Waals surface area contributed by atoms with Crippen LogP contribution in [0.3, 0.4) is 0 Å². The number of rotatable bonds is 9. The van der Waals surface area contributed by atoms with Crippen LogP contribution in [0.5, 0.6) is 0 Å². The maximum Gasteiger partial charge on any atom is 0.345 e. The summed E-state index contributed by atoms with van der Waals surface area (Å²) in [5.74, 6) is -0.927. The van der Waals surface area contributed by atoms with E-state index < -0.39 is 10.9 Å². The predicted octanol–water partition coefficient (Wildman–Crippen LogP) is 3.53. The molecule has 1 amide bonds. The van der Waals surface area contributed by atoms with Gasteiger partial charge >= 0.3 is 5.97 Å². The van der Waals surface area contributed by atoms with E-state index in [9.17, 15) is 19.7 Å². The highest BCUT2D eigenvalue weighted by molar-refractivity contribution is 7.98. The first-order valence-electron chi connectivity index (χ1n) is 8.72. The molecule has 7 nitrogen and oxygen atoms in total. The second kappa shape index (κ2) is 10.5. The van der Waals surface area contributed by atoms with Crippen LogP contribution in [0, 0.1) is 17.0 Å². The number of esters is 1. The lowest BCUT2D eigenvalue weighted by Gasteiger charge is -2.08. The van der Waals surface area contributed by atoms with E-state index in [1.807, 2.05) is 37.4 Å². The number of hydrogen-bond donors (Lipinski definition) is 1. The van der Waals surface area contributed by atoms with Gasteiger partial charge in [-0.05, 0) is 37.3 Å². The highest BCUT2D eigenvalue weighted by Crippen LogP contribution is 2.25. The number of nitro groups is 1. The third-order valence-electron chi connectivity index (χ3n) is 4.04. The fourth-order valence-corrected chi connectivity index (χ4v) is 2.92. The second-order valence-corrected chi connectivity index (χ2v) is 6.99. The molecule has 0 bridgehead atoms. The Balaban J connectivity index is 1.78. The molecule has 0 aromatic heterocycles. The average Bonchev–Trinajstić information content (AvgIpc) is 2.70. The summed E-state index contributed by atoms with van der Waals surface area (Å²) in [4.78, 5) is 35.2. The molecule has 0 atom stereocenters. The van der Waals surface area contributed by atoms with Gasteiger partial charge in [0.2, 0.25) is 5.91 Å². The third kappa shape index (κ3) is 6.38. The zero-order chi connectivity index (χ0) is 20.5. The average molecular weight is 402 g/mol. The summed E-state index contributed by atoms with van der Waals surface area (Å²) in [5, 5.41) is 13.8. The van der Waals surface area contributed by atoms with Crippen molar-refractivity contribution in [2.75, 3.05) is 19.4 Å². The number of nitro benzene ring substituents is 1. The lowest BCUT2D eigenvalue weighted by molar-refractivity contribution is -0.385. The zero-order valence-electron chi connectivity index (χ0n) is 15.8. The van der Waals surface area contributed by atoms with Crippen molar-refractivity contribution in [3.63, 3.8) is 0 Å². The van der Waals surface area contributed by atoms with Gasteiger partial charge in [0.25, 0.3) is 5.69 Å². The first-order chi connectivity index (χ1) is 13.4. The van der Waals surface area contributed by atoms with E-state index in [-0.39, 0.29) is 30.3 Å². The molecule has 0 aliphatic heterocycles. The van der Waals surface area contributed by atoms with E-state index in [4.69, 9.17) is 4.74 Å². The highest BCUT2D eigenvalue weighted by Gasteiger charge is 2.21. The number of nitrogens with one attached hydrogen (secondary N) is 1. The summed E-state index contributed by atoms with van der Waals surface area (Å²) in [7, 11) is 0. The Kier molecular flexibility index (Phi) is 8.01. The zero-order valence-corrected chi connectivity index (χ0v) is 16.6. The van der Waals surface area contributed by atoms with Crippen molar-refractivity contribution in [1.82, 2.24) is 5.32 Å². The Hall–Kier alpha value is -2.87. The fraction of sp³-hybridized carbons (Fsp3) is 0.300. The molecule has 0 spiro atoms. The highest BCUT2D eigenvalue weighted by atomic mass is 32.2. The lowest BCUT2D eigenvalue weighted by Crippen LogP contribution is -2.28. The molecule has 0 saturated carbocycles. The van der Waals surface area contributed by atoms with Crippen LogP contribution in [0.4, 0.5) is 5.69 Å². The Morgan fingerprint density at radius 2 is 1.89 bits per heavy atom. The lowest BCUT2D eigenvalue weighted by atomic mass is 10.1. The molecule has 28 heavy (non-hydrogen) atoms. The van der Waals surface area contributed by atoms with Gasteiger partial charge in [-0.1, -0.05) is 29.8 Å². The molecule has 2 aromatic rings. The summed E-state index contributed by atoms with van der Waals surface area (Å²) >= 11 is 1.37. The number of nitrogens with zero attached hydrogens (tertiary/aromatic N) is 1. The van der Waals surface area contributed by atoms with Crippen LogP contribution in [0.25, 0.3) is 0 Å². The van der Waals surface area contributed by atoms with Gasteiger partial charge in [0.15, 0.2) is 0 Å². The van der Waals surface area contributed by atoms with Crippen LogP contribution in [0.15, 0.2) is 47.4 Å². The number of carbonyl (C=O) groups excluding carboxylic acids is 2. The van der Waals surface area contributed by atoms with Crippen LogP contribution in [-0.4, -0.2) is 36.2 Å². The number of thioether (sulfide) groups is 1. The van der Waals surface area contributed by atoms with Crippen molar-refractivity contribution in [1.29, 1.82) is 0 Å². The van der Waals surface area contributed by atoms with Crippen LogP contribution in [0.2, 0.25) is 0 Å². The summed E-state index contributed by atoms with van der Waals surface area (Å²) in [6, 6.07) is 12.3. The van der Waals surface area contributed by atoms with E-state index in [0.29, 0.717) is 12.8 Å². The van der Waals surface area contributed by atoms with Gasteiger partial charge in [-0.15, -0.1) is 11.8 Å². The SMILES string of the molecule is CSc1ccc([N+](=O)[O-])c(C(=O)OCCNC(=O)CCc2ccc(C)cc2)c1. The molecule has 8 heteroatoms. The maximum atomic E-state index is 12.2. The van der Waals surface area contributed by atoms with Crippen LogP contribution < -0.4 is 5.32 Å². The summed E-state index contributed by atoms with van der Waals surface area (Å²) in [6.45, 7) is 2.09.